The highest BCUT2D eigenvalue weighted by Crippen LogP contribution is 2.41. The third-order valence-corrected chi connectivity index (χ3v) is 23.6. The minimum absolute atomic E-state index is 0. The Bertz CT molecular complexity index is 4840. The molecule has 578 valence electrons. The molecular formula is C79H88Cl6N4O14S4Si. The number of phenols is 3. The van der Waals surface area contributed by atoms with Crippen molar-refractivity contribution in [1.82, 2.24) is 19.6 Å². The van der Waals surface area contributed by atoms with Crippen LogP contribution in [0.3, 0.4) is 0 Å². The number of benzene rings is 8. The molecular weight excluding hydrogens is 1600 g/mol. The van der Waals surface area contributed by atoms with E-state index in [0.717, 1.165) is 68.5 Å². The first-order valence-electron chi connectivity index (χ1n) is 35.0. The summed E-state index contributed by atoms with van der Waals surface area (Å²) in [5.74, 6) is 6.18. The lowest BCUT2D eigenvalue weighted by atomic mass is 10.1. The largest absolute Gasteiger partial charge is 0.543 e. The zero-order valence-electron chi connectivity index (χ0n) is 59.9. The highest BCUT2D eigenvalue weighted by molar-refractivity contribution is 7.26. The molecule has 0 amide bonds. The van der Waals surface area contributed by atoms with E-state index in [1.165, 1.54) is 40.1 Å². The number of fused-ring (bicyclic) bond motifs is 8. The van der Waals surface area contributed by atoms with Crippen molar-refractivity contribution in [1.29, 1.82) is 0 Å². The number of halogens is 6. The van der Waals surface area contributed by atoms with Crippen LogP contribution < -0.4 is 45.1 Å². The summed E-state index contributed by atoms with van der Waals surface area (Å²) in [7, 11) is -1.84. The van der Waals surface area contributed by atoms with Crippen LogP contribution in [-0.2, 0) is 0 Å². The van der Waals surface area contributed by atoms with Gasteiger partial charge in [-0.2, -0.15) is 0 Å². The van der Waals surface area contributed by atoms with Gasteiger partial charge in [-0.25, -0.2) is 0 Å². The quantitative estimate of drug-likeness (QED) is 0.0143. The van der Waals surface area contributed by atoms with Crippen LogP contribution in [0.15, 0.2) is 165 Å². The Balaban J connectivity index is 0.000000183. The van der Waals surface area contributed by atoms with Crippen LogP contribution >= 0.6 is 115 Å². The van der Waals surface area contributed by atoms with E-state index in [1.54, 1.807) is 59.9 Å². The van der Waals surface area contributed by atoms with Gasteiger partial charge < -0.3 is 48.9 Å². The highest BCUT2D eigenvalue weighted by Gasteiger charge is 2.23. The van der Waals surface area contributed by atoms with Crippen molar-refractivity contribution >= 4 is 204 Å². The lowest BCUT2D eigenvalue weighted by Gasteiger charge is -2.22. The van der Waals surface area contributed by atoms with E-state index in [9.17, 15) is 34.5 Å². The number of aliphatic hydroxyl groups is 2. The lowest BCUT2D eigenvalue weighted by molar-refractivity contribution is 0.142. The number of aliphatic hydroxyl groups excluding tert-OH is 2. The average Bonchev–Trinajstić information content (AvgIpc) is 0.789. The fourth-order valence-electron chi connectivity index (χ4n) is 11.8. The molecule has 0 spiro atoms. The predicted molar refractivity (Wildman–Crippen MR) is 460 cm³/mol. The number of hydrogen-bond acceptors (Lipinski definition) is 22. The molecule has 0 aliphatic rings. The molecule has 29 heteroatoms. The molecule has 108 heavy (non-hydrogen) atoms. The third-order valence-electron chi connectivity index (χ3n) is 17.0. The molecule has 5 N–H and O–H groups in total. The number of aromatic hydroxyl groups is 3. The molecule has 0 aliphatic carbocycles. The van der Waals surface area contributed by atoms with Gasteiger partial charge in [-0.05, 0) is 117 Å². The summed E-state index contributed by atoms with van der Waals surface area (Å²) in [6, 6.07) is 43.1. The van der Waals surface area contributed by atoms with Gasteiger partial charge >= 0.3 is 0 Å². The molecule has 4 heterocycles. The van der Waals surface area contributed by atoms with E-state index in [-0.39, 0.29) is 53.6 Å². The van der Waals surface area contributed by atoms with E-state index < -0.39 is 8.32 Å². The summed E-state index contributed by atoms with van der Waals surface area (Å²) in [5.41, 5.74) is -0.436. The smallest absolute Gasteiger partial charge is 0.242 e. The molecule has 18 nitrogen and oxygen atoms in total. The molecule has 12 rings (SSSR count). The Morgan fingerprint density at radius 3 is 0.815 bits per heavy atom. The number of nitrogens with zero attached hydrogens (tertiary/aromatic N) is 4. The summed E-state index contributed by atoms with van der Waals surface area (Å²) >= 11 is 40.7. The number of phenolic OH excluding ortho intramolecular Hbond substituents is 3. The SMILES string of the molecule is C[Si](C)(C)Oc1ccc(OCCN(CCCl)CCCl)c2c(=O)c3ccccc3sc12.O=c1c2ccccc2sc2c(O)ccc(OCCN(CCCl)CCCl)c12.O=c1c2ccccc2sc2c(O)ccc(OCCN(CCCl)CCCl)c12.O=c1c2ccccc2sc2c(O)ccc(OCCN(CCO)CCO)c12.[2HH]. The molecule has 0 aliphatic heterocycles. The predicted octanol–water partition coefficient (Wildman–Crippen LogP) is 16.4. The summed E-state index contributed by atoms with van der Waals surface area (Å²) < 4.78 is 35.9. The minimum Gasteiger partial charge on any atom is -0.543 e. The maximum Gasteiger partial charge on any atom is 0.242 e. The maximum atomic E-state index is 13.4. The van der Waals surface area contributed by atoms with Crippen LogP contribution in [0, 0.1) is 0 Å². The number of ether oxygens (including phenoxy) is 4. The number of rotatable bonds is 34. The van der Waals surface area contributed by atoms with Crippen molar-refractivity contribution in [3.8, 4) is 46.0 Å². The van der Waals surface area contributed by atoms with E-state index >= 15 is 0 Å². The molecule has 12 aromatic rings. The zero-order valence-corrected chi connectivity index (χ0v) is 68.7. The Kier molecular flexibility index (Phi) is 33.8. The summed E-state index contributed by atoms with van der Waals surface area (Å²) in [6.07, 6.45) is 0. The first kappa shape index (κ1) is 85.4. The van der Waals surface area contributed by atoms with E-state index in [2.05, 4.69) is 34.3 Å². The second-order valence-electron chi connectivity index (χ2n) is 25.4. The molecule has 0 unspecified atom stereocenters. The van der Waals surface area contributed by atoms with Crippen molar-refractivity contribution in [2.24, 2.45) is 0 Å². The van der Waals surface area contributed by atoms with Crippen LogP contribution in [-0.4, -0.2) is 207 Å². The Labute approximate surface area is 674 Å². The first-order valence-corrected chi connectivity index (χ1v) is 44.9. The lowest BCUT2D eigenvalue weighted by Crippen LogP contribution is -2.33. The van der Waals surface area contributed by atoms with Gasteiger partial charge in [0.25, 0.3) is 0 Å². The van der Waals surface area contributed by atoms with E-state index in [0.29, 0.717) is 181 Å². The summed E-state index contributed by atoms with van der Waals surface area (Å²) in [5, 5.41) is 53.1. The van der Waals surface area contributed by atoms with Gasteiger partial charge in [-0.15, -0.1) is 115 Å². The summed E-state index contributed by atoms with van der Waals surface area (Å²) in [6.45, 7) is 15.8. The minimum atomic E-state index is -1.84. The van der Waals surface area contributed by atoms with Gasteiger partial charge in [0.2, 0.25) is 8.32 Å². The van der Waals surface area contributed by atoms with Crippen molar-refractivity contribution in [2.45, 2.75) is 19.6 Å². The molecule has 0 saturated heterocycles. The fraction of sp³-hybridized carbons (Fsp3) is 0.342. The monoisotopic (exact) mass is 1680 g/mol. The molecule has 0 saturated carbocycles. The number of alkyl halides is 6. The third kappa shape index (κ3) is 22.6. The van der Waals surface area contributed by atoms with Gasteiger partial charge in [0.05, 0.1) is 53.6 Å². The normalized spacial score (nSPS) is 11.7. The van der Waals surface area contributed by atoms with Crippen LogP contribution in [0.2, 0.25) is 19.6 Å². The Hall–Kier alpha value is -6.56. The van der Waals surface area contributed by atoms with Crippen molar-refractivity contribution in [3.05, 3.63) is 186 Å². The zero-order chi connectivity index (χ0) is 77.3. The van der Waals surface area contributed by atoms with Crippen molar-refractivity contribution in [2.75, 3.05) is 153 Å². The van der Waals surface area contributed by atoms with Gasteiger partial charge in [0, 0.05) is 156 Å². The summed E-state index contributed by atoms with van der Waals surface area (Å²) in [4.78, 5) is 60.4. The average molecular weight is 1690 g/mol. The van der Waals surface area contributed by atoms with Gasteiger partial charge in [0.15, 0.2) is 21.7 Å². The van der Waals surface area contributed by atoms with Crippen LogP contribution in [0.1, 0.15) is 1.43 Å². The highest BCUT2D eigenvalue weighted by atomic mass is 35.5. The number of hydrogen-bond donors (Lipinski definition) is 5. The van der Waals surface area contributed by atoms with Gasteiger partial charge in [-0.1, -0.05) is 48.5 Å². The van der Waals surface area contributed by atoms with Crippen LogP contribution in [0.4, 0.5) is 0 Å². The van der Waals surface area contributed by atoms with Crippen LogP contribution in [0.5, 0.6) is 46.0 Å². The van der Waals surface area contributed by atoms with Crippen LogP contribution in [0.25, 0.3) is 80.7 Å². The Morgan fingerprint density at radius 2 is 0.556 bits per heavy atom. The topological polar surface area (TPSA) is 229 Å². The molecule has 0 radical (unpaired) electrons. The van der Waals surface area contributed by atoms with Crippen molar-refractivity contribution in [3.63, 3.8) is 0 Å². The standard InChI is InChI=1S/C22H27Cl2NO3SSi.2C19H19Cl2NO3S.C19H21NO5S.H2/c1-30(2,3)28-18-9-8-17(27-15-14-25(12-10-23)13-11-24)20-21(26)16-6-4-5-7-19(16)29-22(18)20;2*20-7-9-22(10-8-21)11-12-25-15-6-5-14(23)19-17(15)18(24)13-3-1-2-4-16(13)26-19;21-10-7-20(8-11-22)9-12-25-15-6-5-14(23)19-17(15)18(24)13-3-1-2-4-16(13)26-19;/h4-9H,10-15H2,1-3H3;2*1-6,23H,7-12H2;1-6,21-23H,7-12H2;1H/i;;;;1+1. The van der Waals surface area contributed by atoms with Gasteiger partial charge in [-0.3, -0.25) is 38.8 Å². The second-order valence-corrected chi connectivity index (χ2v) is 36.3. The Morgan fingerprint density at radius 1 is 0.324 bits per heavy atom. The van der Waals surface area contributed by atoms with E-state index in [4.69, 9.17) is 103 Å². The molecule has 0 fully saturated rings. The molecule has 0 bridgehead atoms. The van der Waals surface area contributed by atoms with E-state index in [1.807, 2.05) is 95.9 Å². The maximum absolute atomic E-state index is 13.4. The molecule has 4 aromatic heterocycles. The first-order chi connectivity index (χ1) is 52.3. The van der Waals surface area contributed by atoms with Crippen molar-refractivity contribution < 1.29 is 50.3 Å². The molecule has 8 aromatic carbocycles. The fourth-order valence-corrected chi connectivity index (χ4v) is 18.6. The molecule has 0 atom stereocenters. The van der Waals surface area contributed by atoms with Gasteiger partial charge in [0.1, 0.15) is 72.4 Å². The second kappa shape index (κ2) is 42.7.